The summed E-state index contributed by atoms with van der Waals surface area (Å²) in [5, 5.41) is 2.33. The molecular weight excluding hydrogens is 162 g/mol. The first-order chi connectivity index (χ1) is 6.26. The fourth-order valence-electron chi connectivity index (χ4n) is 1.24. The first kappa shape index (κ1) is 12.9. The van der Waals surface area contributed by atoms with Crippen molar-refractivity contribution in [3.8, 4) is 0 Å². The molecule has 3 heteroatoms. The topological polar surface area (TPSA) is 41.3 Å². The summed E-state index contributed by atoms with van der Waals surface area (Å²) in [5.74, 6) is 0. The van der Waals surface area contributed by atoms with Gasteiger partial charge in [-0.3, -0.25) is 5.43 Å². The average molecular weight is 187 g/mol. The van der Waals surface area contributed by atoms with Crippen LogP contribution in [0, 0.1) is 0 Å². The zero-order chi connectivity index (χ0) is 10.1. The van der Waals surface area contributed by atoms with E-state index < -0.39 is 0 Å². The van der Waals surface area contributed by atoms with Crippen LogP contribution in [-0.4, -0.2) is 30.7 Å². The van der Waals surface area contributed by atoms with E-state index >= 15 is 0 Å². The SMILES string of the molecule is CCCN(NCCCN)C(C)CC. The van der Waals surface area contributed by atoms with Crippen molar-refractivity contribution in [2.45, 2.75) is 46.1 Å². The Kier molecular flexibility index (Phi) is 8.40. The third kappa shape index (κ3) is 6.02. The monoisotopic (exact) mass is 187 g/mol. The molecule has 0 radical (unpaired) electrons. The Hall–Kier alpha value is -0.120. The van der Waals surface area contributed by atoms with Gasteiger partial charge >= 0.3 is 0 Å². The third-order valence-electron chi connectivity index (χ3n) is 2.28. The molecule has 3 nitrogen and oxygen atoms in total. The summed E-state index contributed by atoms with van der Waals surface area (Å²) < 4.78 is 0. The molecule has 1 atom stereocenters. The molecule has 0 aromatic heterocycles. The Morgan fingerprint density at radius 3 is 2.54 bits per heavy atom. The van der Waals surface area contributed by atoms with Crippen molar-refractivity contribution in [3.05, 3.63) is 0 Å². The number of nitrogens with one attached hydrogen (secondary N) is 1. The summed E-state index contributed by atoms with van der Waals surface area (Å²) in [6, 6.07) is 0.623. The molecule has 0 aliphatic heterocycles. The van der Waals surface area contributed by atoms with Gasteiger partial charge in [-0.1, -0.05) is 13.8 Å². The van der Waals surface area contributed by atoms with Gasteiger partial charge in [0.05, 0.1) is 0 Å². The van der Waals surface area contributed by atoms with Crippen molar-refractivity contribution < 1.29 is 0 Å². The van der Waals surface area contributed by atoms with E-state index in [1.54, 1.807) is 0 Å². The summed E-state index contributed by atoms with van der Waals surface area (Å²) in [7, 11) is 0. The van der Waals surface area contributed by atoms with Crippen LogP contribution in [0.15, 0.2) is 0 Å². The maximum absolute atomic E-state index is 5.44. The molecule has 0 amide bonds. The highest BCUT2D eigenvalue weighted by atomic mass is 15.5. The number of rotatable bonds is 8. The summed E-state index contributed by atoms with van der Waals surface area (Å²) in [6.45, 7) is 9.58. The largest absolute Gasteiger partial charge is 0.330 e. The Morgan fingerprint density at radius 2 is 2.08 bits per heavy atom. The minimum absolute atomic E-state index is 0.623. The standard InChI is InChI=1S/C10H25N3/c1-4-9-13(10(3)5-2)12-8-6-7-11/h10,12H,4-9,11H2,1-3H3. The molecule has 0 spiro atoms. The molecule has 0 fully saturated rings. The second kappa shape index (κ2) is 8.48. The maximum atomic E-state index is 5.44. The van der Waals surface area contributed by atoms with Gasteiger partial charge in [0.25, 0.3) is 0 Å². The first-order valence-corrected chi connectivity index (χ1v) is 5.46. The fourth-order valence-corrected chi connectivity index (χ4v) is 1.24. The molecule has 0 aliphatic rings. The molecule has 0 aromatic carbocycles. The lowest BCUT2D eigenvalue weighted by molar-refractivity contribution is 0.130. The van der Waals surface area contributed by atoms with Crippen molar-refractivity contribution in [1.82, 2.24) is 10.4 Å². The van der Waals surface area contributed by atoms with Crippen LogP contribution in [0.1, 0.15) is 40.0 Å². The van der Waals surface area contributed by atoms with Crippen molar-refractivity contribution in [2.24, 2.45) is 5.73 Å². The molecule has 3 N–H and O–H groups in total. The highest BCUT2D eigenvalue weighted by molar-refractivity contribution is 4.61. The van der Waals surface area contributed by atoms with Crippen LogP contribution in [0.25, 0.3) is 0 Å². The fraction of sp³-hybridized carbons (Fsp3) is 1.00. The van der Waals surface area contributed by atoms with Crippen LogP contribution < -0.4 is 11.2 Å². The minimum Gasteiger partial charge on any atom is -0.330 e. The highest BCUT2D eigenvalue weighted by Crippen LogP contribution is 2.00. The first-order valence-electron chi connectivity index (χ1n) is 5.46. The molecule has 1 unspecified atom stereocenters. The Labute approximate surface area is 82.6 Å². The quantitative estimate of drug-likeness (QED) is 0.445. The predicted octanol–water partition coefficient (Wildman–Crippen LogP) is 1.35. The van der Waals surface area contributed by atoms with E-state index in [1.165, 1.54) is 12.8 Å². The summed E-state index contributed by atoms with van der Waals surface area (Å²) in [5.41, 5.74) is 8.86. The lowest BCUT2D eigenvalue weighted by atomic mass is 10.2. The van der Waals surface area contributed by atoms with Gasteiger partial charge in [0.15, 0.2) is 0 Å². The summed E-state index contributed by atoms with van der Waals surface area (Å²) >= 11 is 0. The minimum atomic E-state index is 0.623. The van der Waals surface area contributed by atoms with E-state index in [1.807, 2.05) is 0 Å². The van der Waals surface area contributed by atoms with Crippen LogP contribution in [0.2, 0.25) is 0 Å². The maximum Gasteiger partial charge on any atom is 0.0212 e. The average Bonchev–Trinajstić information content (AvgIpc) is 2.16. The van der Waals surface area contributed by atoms with Gasteiger partial charge in [0.1, 0.15) is 0 Å². The molecule has 0 saturated heterocycles. The van der Waals surface area contributed by atoms with Gasteiger partial charge in [-0.2, -0.15) is 0 Å². The van der Waals surface area contributed by atoms with Crippen molar-refractivity contribution in [2.75, 3.05) is 19.6 Å². The lowest BCUT2D eigenvalue weighted by Gasteiger charge is -2.28. The van der Waals surface area contributed by atoms with E-state index in [2.05, 4.69) is 31.2 Å². The van der Waals surface area contributed by atoms with Crippen molar-refractivity contribution in [1.29, 1.82) is 0 Å². The zero-order valence-corrected chi connectivity index (χ0v) is 9.34. The molecule has 0 saturated carbocycles. The van der Waals surface area contributed by atoms with Crippen molar-refractivity contribution in [3.63, 3.8) is 0 Å². The molecular formula is C10H25N3. The Bertz CT molecular complexity index is 106. The van der Waals surface area contributed by atoms with Gasteiger partial charge in [-0.05, 0) is 32.7 Å². The number of nitrogens with two attached hydrogens (primary N) is 1. The van der Waals surface area contributed by atoms with E-state index in [-0.39, 0.29) is 0 Å². The number of hydrazine groups is 1. The Balaban J connectivity index is 3.65. The predicted molar refractivity (Wildman–Crippen MR) is 58.4 cm³/mol. The second-order valence-corrected chi connectivity index (χ2v) is 3.50. The van der Waals surface area contributed by atoms with Gasteiger partial charge in [-0.25, -0.2) is 5.01 Å². The molecule has 0 rings (SSSR count). The smallest absolute Gasteiger partial charge is 0.0212 e. The molecule has 0 aromatic rings. The van der Waals surface area contributed by atoms with Crippen molar-refractivity contribution >= 4 is 0 Å². The molecule has 0 heterocycles. The normalized spacial score (nSPS) is 13.6. The number of hydrogen-bond donors (Lipinski definition) is 2. The summed E-state index contributed by atoms with van der Waals surface area (Å²) in [4.78, 5) is 0. The van der Waals surface area contributed by atoms with E-state index in [4.69, 9.17) is 5.73 Å². The van der Waals surface area contributed by atoms with E-state index in [9.17, 15) is 0 Å². The van der Waals surface area contributed by atoms with Gasteiger partial charge in [0.2, 0.25) is 0 Å². The molecule has 0 bridgehead atoms. The van der Waals surface area contributed by atoms with Crippen LogP contribution in [0.5, 0.6) is 0 Å². The second-order valence-electron chi connectivity index (χ2n) is 3.50. The van der Waals surface area contributed by atoms with Crippen LogP contribution in [0.3, 0.4) is 0 Å². The van der Waals surface area contributed by atoms with Crippen LogP contribution in [-0.2, 0) is 0 Å². The van der Waals surface area contributed by atoms with Gasteiger partial charge in [-0.15, -0.1) is 0 Å². The van der Waals surface area contributed by atoms with E-state index in [0.29, 0.717) is 6.04 Å². The molecule has 13 heavy (non-hydrogen) atoms. The van der Waals surface area contributed by atoms with E-state index in [0.717, 1.165) is 26.1 Å². The van der Waals surface area contributed by atoms with Gasteiger partial charge < -0.3 is 5.73 Å². The highest BCUT2D eigenvalue weighted by Gasteiger charge is 2.09. The van der Waals surface area contributed by atoms with Crippen LogP contribution >= 0.6 is 0 Å². The number of hydrogen-bond acceptors (Lipinski definition) is 3. The van der Waals surface area contributed by atoms with Gasteiger partial charge in [0, 0.05) is 19.1 Å². The third-order valence-corrected chi connectivity index (χ3v) is 2.28. The zero-order valence-electron chi connectivity index (χ0n) is 9.34. The molecule has 0 aliphatic carbocycles. The number of nitrogens with zero attached hydrogens (tertiary/aromatic N) is 1. The summed E-state index contributed by atoms with van der Waals surface area (Å²) in [6.07, 6.45) is 3.44. The Morgan fingerprint density at radius 1 is 1.38 bits per heavy atom. The molecule has 80 valence electrons. The van der Waals surface area contributed by atoms with Crippen LogP contribution in [0.4, 0.5) is 0 Å². The lowest BCUT2D eigenvalue weighted by Crippen LogP contribution is -2.45.